The molecular formula is C15H18BrNO2. The lowest BCUT2D eigenvalue weighted by Gasteiger charge is -2.22. The molecule has 3 nitrogen and oxygen atoms in total. The highest BCUT2D eigenvalue weighted by Crippen LogP contribution is 2.25. The first-order chi connectivity index (χ1) is 9.04. The molecule has 4 heteroatoms. The molecule has 1 aliphatic rings. The molecule has 1 atom stereocenters. The quantitative estimate of drug-likeness (QED) is 0.615. The highest BCUT2D eigenvalue weighted by atomic mass is 79.9. The van der Waals surface area contributed by atoms with Crippen LogP contribution in [0.15, 0.2) is 24.3 Å². The zero-order chi connectivity index (χ0) is 14.0. The number of nitrogens with zero attached hydrogens (tertiary/aromatic N) is 1. The predicted octanol–water partition coefficient (Wildman–Crippen LogP) is 3.34. The molecule has 0 spiro atoms. The molecule has 2 rings (SSSR count). The number of hydrogen-bond donors (Lipinski definition) is 0. The van der Waals surface area contributed by atoms with Crippen molar-refractivity contribution in [3.63, 3.8) is 0 Å². The molecule has 0 aliphatic carbocycles. The maximum absolute atomic E-state index is 12.2. The molecule has 0 saturated heterocycles. The van der Waals surface area contributed by atoms with Gasteiger partial charge < -0.3 is 0 Å². The maximum Gasteiger partial charge on any atom is 0.261 e. The summed E-state index contributed by atoms with van der Waals surface area (Å²) in [5, 5.41) is 0.804. The van der Waals surface area contributed by atoms with Gasteiger partial charge in [-0.15, -0.1) is 0 Å². The number of benzene rings is 1. The lowest BCUT2D eigenvalue weighted by molar-refractivity contribution is 0.0628. The molecule has 1 aromatic rings. The zero-order valence-corrected chi connectivity index (χ0v) is 12.8. The van der Waals surface area contributed by atoms with Crippen LogP contribution in [0, 0.1) is 11.8 Å². The van der Waals surface area contributed by atoms with Gasteiger partial charge in [-0.1, -0.05) is 41.9 Å². The number of hydrogen-bond acceptors (Lipinski definition) is 2. The average Bonchev–Trinajstić information content (AvgIpc) is 2.63. The molecule has 1 aliphatic heterocycles. The second kappa shape index (κ2) is 5.87. The minimum atomic E-state index is -0.157. The van der Waals surface area contributed by atoms with Gasteiger partial charge in [-0.05, 0) is 30.4 Å². The Morgan fingerprint density at radius 3 is 2.05 bits per heavy atom. The molecule has 0 bridgehead atoms. The summed E-state index contributed by atoms with van der Waals surface area (Å²) in [7, 11) is 0. The summed E-state index contributed by atoms with van der Waals surface area (Å²) >= 11 is 3.48. The number of fused-ring (bicyclic) bond motifs is 1. The van der Waals surface area contributed by atoms with E-state index >= 15 is 0 Å². The molecule has 1 aromatic carbocycles. The fourth-order valence-electron chi connectivity index (χ4n) is 2.52. The van der Waals surface area contributed by atoms with Crippen molar-refractivity contribution in [2.24, 2.45) is 11.8 Å². The van der Waals surface area contributed by atoms with Crippen LogP contribution in [-0.2, 0) is 0 Å². The van der Waals surface area contributed by atoms with Gasteiger partial charge in [-0.3, -0.25) is 14.5 Å². The minimum Gasteiger partial charge on any atom is -0.274 e. The third kappa shape index (κ3) is 2.89. The van der Waals surface area contributed by atoms with Gasteiger partial charge in [0, 0.05) is 11.9 Å². The standard InChI is InChI=1S/C15H18BrNO2/c1-10(2)7-11(8-16)9-17-14(18)12-5-3-4-6-13(12)15(17)19/h3-6,10-11H,7-9H2,1-2H3. The molecule has 1 unspecified atom stereocenters. The lowest BCUT2D eigenvalue weighted by Crippen LogP contribution is -2.35. The van der Waals surface area contributed by atoms with Gasteiger partial charge in [-0.2, -0.15) is 0 Å². The Bertz CT molecular complexity index is 464. The van der Waals surface area contributed by atoms with Crippen LogP contribution >= 0.6 is 15.9 Å². The van der Waals surface area contributed by atoms with E-state index in [1.807, 2.05) is 0 Å². The number of rotatable bonds is 5. The molecule has 19 heavy (non-hydrogen) atoms. The van der Waals surface area contributed by atoms with E-state index in [4.69, 9.17) is 0 Å². The van der Waals surface area contributed by atoms with Gasteiger partial charge in [0.1, 0.15) is 0 Å². The van der Waals surface area contributed by atoms with Crippen molar-refractivity contribution < 1.29 is 9.59 Å². The van der Waals surface area contributed by atoms with E-state index in [2.05, 4.69) is 29.8 Å². The summed E-state index contributed by atoms with van der Waals surface area (Å²) in [6.07, 6.45) is 0.999. The summed E-state index contributed by atoms with van der Waals surface area (Å²) in [5.41, 5.74) is 1.07. The molecular weight excluding hydrogens is 306 g/mol. The third-order valence-electron chi connectivity index (χ3n) is 3.34. The molecule has 0 aromatic heterocycles. The van der Waals surface area contributed by atoms with Crippen LogP contribution in [0.4, 0.5) is 0 Å². The smallest absolute Gasteiger partial charge is 0.261 e. The Morgan fingerprint density at radius 2 is 1.63 bits per heavy atom. The Kier molecular flexibility index (Phi) is 4.40. The van der Waals surface area contributed by atoms with Crippen molar-refractivity contribution in [2.75, 3.05) is 11.9 Å². The summed E-state index contributed by atoms with van der Waals surface area (Å²) in [6.45, 7) is 4.80. The number of imide groups is 1. The van der Waals surface area contributed by atoms with Crippen LogP contribution in [0.25, 0.3) is 0 Å². The van der Waals surface area contributed by atoms with E-state index in [1.165, 1.54) is 4.90 Å². The van der Waals surface area contributed by atoms with E-state index in [9.17, 15) is 9.59 Å². The van der Waals surface area contributed by atoms with E-state index in [0.29, 0.717) is 29.5 Å². The van der Waals surface area contributed by atoms with E-state index in [-0.39, 0.29) is 11.8 Å². The van der Waals surface area contributed by atoms with Gasteiger partial charge >= 0.3 is 0 Å². The van der Waals surface area contributed by atoms with Crippen LogP contribution in [0.5, 0.6) is 0 Å². The monoisotopic (exact) mass is 323 g/mol. The van der Waals surface area contributed by atoms with Gasteiger partial charge in [0.25, 0.3) is 11.8 Å². The SMILES string of the molecule is CC(C)CC(CBr)CN1C(=O)c2ccccc2C1=O. The van der Waals surface area contributed by atoms with Crippen LogP contribution in [-0.4, -0.2) is 28.6 Å². The molecule has 2 amide bonds. The molecule has 0 N–H and O–H groups in total. The second-order valence-electron chi connectivity index (χ2n) is 5.42. The zero-order valence-electron chi connectivity index (χ0n) is 11.2. The van der Waals surface area contributed by atoms with Crippen LogP contribution in [0.2, 0.25) is 0 Å². The fourth-order valence-corrected chi connectivity index (χ4v) is 2.99. The third-order valence-corrected chi connectivity index (χ3v) is 4.26. The topological polar surface area (TPSA) is 37.4 Å². The van der Waals surface area contributed by atoms with Crippen molar-refractivity contribution in [3.05, 3.63) is 35.4 Å². The first kappa shape index (κ1) is 14.3. The van der Waals surface area contributed by atoms with Crippen LogP contribution in [0.1, 0.15) is 41.0 Å². The molecule has 0 fully saturated rings. The van der Waals surface area contributed by atoms with Crippen molar-refractivity contribution in [1.82, 2.24) is 4.90 Å². The number of alkyl halides is 1. The van der Waals surface area contributed by atoms with Gasteiger partial charge in [-0.25, -0.2) is 0 Å². The first-order valence-corrected chi connectivity index (χ1v) is 7.68. The highest BCUT2D eigenvalue weighted by Gasteiger charge is 2.36. The highest BCUT2D eigenvalue weighted by molar-refractivity contribution is 9.09. The van der Waals surface area contributed by atoms with Crippen molar-refractivity contribution in [3.8, 4) is 0 Å². The molecule has 102 valence electrons. The van der Waals surface area contributed by atoms with Crippen LogP contribution < -0.4 is 0 Å². The van der Waals surface area contributed by atoms with Gasteiger partial charge in [0.15, 0.2) is 0 Å². The summed E-state index contributed by atoms with van der Waals surface area (Å²) in [5.74, 6) is 0.547. The first-order valence-electron chi connectivity index (χ1n) is 6.55. The number of amides is 2. The van der Waals surface area contributed by atoms with Crippen molar-refractivity contribution >= 4 is 27.7 Å². The van der Waals surface area contributed by atoms with Gasteiger partial charge in [0.2, 0.25) is 0 Å². The fraction of sp³-hybridized carbons (Fsp3) is 0.467. The number of carbonyl (C=O) groups is 2. The van der Waals surface area contributed by atoms with E-state index < -0.39 is 0 Å². The van der Waals surface area contributed by atoms with E-state index in [1.54, 1.807) is 24.3 Å². The lowest BCUT2D eigenvalue weighted by atomic mass is 9.98. The predicted molar refractivity (Wildman–Crippen MR) is 78.5 cm³/mol. The molecule has 0 radical (unpaired) electrons. The average molecular weight is 324 g/mol. The molecule has 1 heterocycles. The number of halogens is 1. The van der Waals surface area contributed by atoms with Crippen LogP contribution in [0.3, 0.4) is 0 Å². The minimum absolute atomic E-state index is 0.157. The summed E-state index contributed by atoms with van der Waals surface area (Å²) in [6, 6.07) is 7.04. The number of carbonyl (C=O) groups excluding carboxylic acids is 2. The largest absolute Gasteiger partial charge is 0.274 e. The van der Waals surface area contributed by atoms with Crippen molar-refractivity contribution in [1.29, 1.82) is 0 Å². The molecule has 0 saturated carbocycles. The Morgan fingerprint density at radius 1 is 1.11 bits per heavy atom. The van der Waals surface area contributed by atoms with E-state index in [0.717, 1.165) is 11.8 Å². The summed E-state index contributed by atoms with van der Waals surface area (Å²) in [4.78, 5) is 25.9. The van der Waals surface area contributed by atoms with Crippen molar-refractivity contribution in [2.45, 2.75) is 20.3 Å². The van der Waals surface area contributed by atoms with Gasteiger partial charge in [0.05, 0.1) is 11.1 Å². The summed E-state index contributed by atoms with van der Waals surface area (Å²) < 4.78 is 0. The normalized spacial score (nSPS) is 16.1. The maximum atomic E-state index is 12.2. The second-order valence-corrected chi connectivity index (χ2v) is 6.06. The Balaban J connectivity index is 2.15. The Labute approximate surface area is 122 Å². The Hall–Kier alpha value is -1.16.